The number of carbonyl (C=O) groups is 1. The third-order valence-electron chi connectivity index (χ3n) is 3.08. The predicted octanol–water partition coefficient (Wildman–Crippen LogP) is 5.93. The zero-order chi connectivity index (χ0) is 14.1. The summed E-state index contributed by atoms with van der Waals surface area (Å²) in [6, 6.07) is 1.87. The van der Waals surface area contributed by atoms with Crippen LogP contribution < -0.4 is 0 Å². The number of halogens is 2. The van der Waals surface area contributed by atoms with Gasteiger partial charge in [-0.05, 0) is 44.3 Å². The molecule has 4 heteroatoms. The summed E-state index contributed by atoms with van der Waals surface area (Å²) < 4.78 is 1.65. The fraction of sp³-hybridized carbons (Fsp3) is 0.600. The van der Waals surface area contributed by atoms with Crippen LogP contribution in [0.25, 0.3) is 0 Å². The second kappa shape index (κ2) is 9.65. The van der Waals surface area contributed by atoms with Crippen molar-refractivity contribution in [2.75, 3.05) is 0 Å². The normalized spacial score (nSPS) is 10.7. The average molecular weight is 391 g/mol. The van der Waals surface area contributed by atoms with E-state index in [1.54, 1.807) is 6.20 Å². The highest BCUT2D eigenvalue weighted by molar-refractivity contribution is 9.11. The minimum atomic E-state index is 0.132. The standard InChI is InChI=1S/C15H21Br2NO/c1-2-3-4-5-6-7-8-9-14(19)15-13(17)10-12(16)11-18-15/h10-11H,2-9H2,1H3. The van der Waals surface area contributed by atoms with Gasteiger partial charge in [0.25, 0.3) is 0 Å². The van der Waals surface area contributed by atoms with E-state index in [4.69, 9.17) is 0 Å². The van der Waals surface area contributed by atoms with Gasteiger partial charge in [0.1, 0.15) is 5.69 Å². The van der Waals surface area contributed by atoms with Gasteiger partial charge in [-0.1, -0.05) is 45.4 Å². The zero-order valence-electron chi connectivity index (χ0n) is 11.4. The number of Topliss-reactive ketones (excluding diaryl/α,β-unsaturated/α-hetero) is 1. The highest BCUT2D eigenvalue weighted by atomic mass is 79.9. The fourth-order valence-electron chi connectivity index (χ4n) is 1.98. The number of carbonyl (C=O) groups excluding carboxylic acids is 1. The third-order valence-corrected chi connectivity index (χ3v) is 4.12. The van der Waals surface area contributed by atoms with Crippen molar-refractivity contribution >= 4 is 37.6 Å². The molecule has 0 aliphatic rings. The van der Waals surface area contributed by atoms with Gasteiger partial charge in [0.05, 0.1) is 0 Å². The van der Waals surface area contributed by atoms with E-state index in [2.05, 4.69) is 43.8 Å². The number of aromatic nitrogens is 1. The minimum Gasteiger partial charge on any atom is -0.292 e. The van der Waals surface area contributed by atoms with Crippen molar-refractivity contribution in [1.82, 2.24) is 4.98 Å². The van der Waals surface area contributed by atoms with Crippen molar-refractivity contribution < 1.29 is 4.79 Å². The molecule has 2 nitrogen and oxygen atoms in total. The first kappa shape index (κ1) is 16.8. The molecule has 19 heavy (non-hydrogen) atoms. The second-order valence-electron chi connectivity index (χ2n) is 4.78. The number of nitrogens with zero attached hydrogens (tertiary/aromatic N) is 1. The second-order valence-corrected chi connectivity index (χ2v) is 6.55. The van der Waals surface area contributed by atoms with Gasteiger partial charge in [0, 0.05) is 21.6 Å². The molecule has 0 aliphatic carbocycles. The molecule has 0 aromatic carbocycles. The Morgan fingerprint density at radius 2 is 1.74 bits per heavy atom. The van der Waals surface area contributed by atoms with E-state index in [0.717, 1.165) is 21.8 Å². The van der Waals surface area contributed by atoms with Crippen LogP contribution in [0.5, 0.6) is 0 Å². The third kappa shape index (κ3) is 6.66. The summed E-state index contributed by atoms with van der Waals surface area (Å²) in [6.07, 6.45) is 10.8. The average Bonchev–Trinajstić information content (AvgIpc) is 2.37. The van der Waals surface area contributed by atoms with Crippen LogP contribution in [0.15, 0.2) is 21.2 Å². The molecular formula is C15H21Br2NO. The molecule has 0 N–H and O–H groups in total. The minimum absolute atomic E-state index is 0.132. The van der Waals surface area contributed by atoms with Crippen molar-refractivity contribution in [1.29, 1.82) is 0 Å². The van der Waals surface area contributed by atoms with Crippen LogP contribution in [0.1, 0.15) is 68.8 Å². The van der Waals surface area contributed by atoms with Gasteiger partial charge in [-0.25, -0.2) is 0 Å². The van der Waals surface area contributed by atoms with E-state index < -0.39 is 0 Å². The SMILES string of the molecule is CCCCCCCCCC(=O)c1ncc(Br)cc1Br. The molecule has 0 spiro atoms. The predicted molar refractivity (Wildman–Crippen MR) is 86.6 cm³/mol. The van der Waals surface area contributed by atoms with Crippen LogP contribution in [0.3, 0.4) is 0 Å². The summed E-state index contributed by atoms with van der Waals surface area (Å²) in [5.41, 5.74) is 0.550. The highest BCUT2D eigenvalue weighted by Crippen LogP contribution is 2.21. The molecule has 0 saturated carbocycles. The Hall–Kier alpha value is -0.220. The van der Waals surface area contributed by atoms with E-state index in [0.29, 0.717) is 12.1 Å². The molecule has 0 amide bonds. The molecule has 0 fully saturated rings. The molecule has 106 valence electrons. The topological polar surface area (TPSA) is 30.0 Å². The first-order valence-corrected chi connectivity index (χ1v) is 8.58. The van der Waals surface area contributed by atoms with Crippen molar-refractivity contribution in [3.05, 3.63) is 26.9 Å². The smallest absolute Gasteiger partial charge is 0.182 e. The highest BCUT2D eigenvalue weighted by Gasteiger charge is 2.11. The van der Waals surface area contributed by atoms with Crippen LogP contribution in [0.2, 0.25) is 0 Å². The van der Waals surface area contributed by atoms with E-state index in [1.807, 2.05) is 6.07 Å². The lowest BCUT2D eigenvalue weighted by molar-refractivity contribution is 0.0973. The number of pyridine rings is 1. The summed E-state index contributed by atoms with van der Waals surface area (Å²) in [7, 11) is 0. The van der Waals surface area contributed by atoms with Crippen LogP contribution in [-0.2, 0) is 0 Å². The van der Waals surface area contributed by atoms with Gasteiger partial charge in [-0.3, -0.25) is 9.78 Å². The molecule has 0 unspecified atom stereocenters. The van der Waals surface area contributed by atoms with Gasteiger partial charge in [-0.2, -0.15) is 0 Å². The zero-order valence-corrected chi connectivity index (χ0v) is 14.6. The molecule has 1 rings (SSSR count). The summed E-state index contributed by atoms with van der Waals surface area (Å²) in [4.78, 5) is 16.2. The van der Waals surface area contributed by atoms with Crippen molar-refractivity contribution in [3.8, 4) is 0 Å². The Bertz CT molecular complexity index is 407. The maximum absolute atomic E-state index is 12.0. The van der Waals surface area contributed by atoms with Crippen LogP contribution in [0, 0.1) is 0 Å². The Labute approximate surface area is 132 Å². The summed E-state index contributed by atoms with van der Waals surface area (Å²) >= 11 is 6.72. The maximum Gasteiger partial charge on any atom is 0.182 e. The van der Waals surface area contributed by atoms with Crippen LogP contribution in [0.4, 0.5) is 0 Å². The first-order chi connectivity index (χ1) is 9.15. The van der Waals surface area contributed by atoms with Crippen molar-refractivity contribution in [2.24, 2.45) is 0 Å². The van der Waals surface area contributed by atoms with Crippen molar-refractivity contribution in [2.45, 2.75) is 58.3 Å². The quantitative estimate of drug-likeness (QED) is 0.386. The Kier molecular flexibility index (Phi) is 8.55. The summed E-state index contributed by atoms with van der Waals surface area (Å²) in [6.45, 7) is 2.22. The first-order valence-electron chi connectivity index (χ1n) is 6.99. The molecule has 1 aromatic rings. The number of unbranched alkanes of at least 4 members (excludes halogenated alkanes) is 6. The maximum atomic E-state index is 12.0. The molecule has 1 heterocycles. The lowest BCUT2D eigenvalue weighted by atomic mass is 10.1. The summed E-state index contributed by atoms with van der Waals surface area (Å²) in [5.74, 6) is 0.132. The van der Waals surface area contributed by atoms with Crippen LogP contribution in [-0.4, -0.2) is 10.8 Å². The van der Waals surface area contributed by atoms with Gasteiger partial charge < -0.3 is 0 Å². The van der Waals surface area contributed by atoms with Crippen LogP contribution >= 0.6 is 31.9 Å². The lowest BCUT2D eigenvalue weighted by Gasteiger charge is -2.04. The Morgan fingerprint density at radius 3 is 2.37 bits per heavy atom. The van der Waals surface area contributed by atoms with E-state index in [1.165, 1.54) is 32.1 Å². The van der Waals surface area contributed by atoms with Gasteiger partial charge in [0.2, 0.25) is 0 Å². The van der Waals surface area contributed by atoms with Gasteiger partial charge in [0.15, 0.2) is 5.78 Å². The van der Waals surface area contributed by atoms with Crippen molar-refractivity contribution in [3.63, 3.8) is 0 Å². The molecule has 0 aliphatic heterocycles. The number of ketones is 1. The lowest BCUT2D eigenvalue weighted by Crippen LogP contribution is -2.03. The largest absolute Gasteiger partial charge is 0.292 e. The van der Waals surface area contributed by atoms with E-state index in [9.17, 15) is 4.79 Å². The Balaban J connectivity index is 2.24. The monoisotopic (exact) mass is 389 g/mol. The fourth-order valence-corrected chi connectivity index (χ4v) is 3.19. The van der Waals surface area contributed by atoms with Gasteiger partial charge >= 0.3 is 0 Å². The number of hydrogen-bond donors (Lipinski definition) is 0. The molecule has 1 aromatic heterocycles. The van der Waals surface area contributed by atoms with E-state index >= 15 is 0 Å². The van der Waals surface area contributed by atoms with E-state index in [-0.39, 0.29) is 5.78 Å². The molecule has 0 atom stereocenters. The molecular weight excluding hydrogens is 370 g/mol. The molecule has 0 radical (unpaired) electrons. The number of rotatable bonds is 9. The molecule has 0 saturated heterocycles. The Morgan fingerprint density at radius 1 is 1.11 bits per heavy atom. The summed E-state index contributed by atoms with van der Waals surface area (Å²) in [5, 5.41) is 0. The van der Waals surface area contributed by atoms with Gasteiger partial charge in [-0.15, -0.1) is 0 Å². The number of hydrogen-bond acceptors (Lipinski definition) is 2. The molecule has 0 bridgehead atoms.